The van der Waals surface area contributed by atoms with E-state index in [0.717, 1.165) is 6.42 Å². The normalized spacial score (nSPS) is 17.1. The average molecular weight is 279 g/mol. The summed E-state index contributed by atoms with van der Waals surface area (Å²) in [5.74, 6) is 1.25. The summed E-state index contributed by atoms with van der Waals surface area (Å²) >= 11 is 0. The molecule has 6 nitrogen and oxygen atoms in total. The lowest BCUT2D eigenvalue weighted by atomic mass is 9.99. The molecular formula is C14H21N3O3. The number of rotatable bonds is 6. The van der Waals surface area contributed by atoms with Crippen LogP contribution in [0.4, 0.5) is 11.5 Å². The average Bonchev–Trinajstić information content (AvgIpc) is 2.90. The van der Waals surface area contributed by atoms with Crippen LogP contribution in [0.1, 0.15) is 37.8 Å². The molecule has 2 rings (SSSR count). The number of aryl methyl sites for hydroxylation is 1. The van der Waals surface area contributed by atoms with E-state index in [9.17, 15) is 15.2 Å². The Morgan fingerprint density at radius 1 is 1.50 bits per heavy atom. The van der Waals surface area contributed by atoms with Gasteiger partial charge in [-0.05, 0) is 25.3 Å². The Labute approximate surface area is 118 Å². The van der Waals surface area contributed by atoms with Crippen LogP contribution in [0.2, 0.25) is 0 Å². The van der Waals surface area contributed by atoms with E-state index in [1.54, 1.807) is 13.0 Å². The van der Waals surface area contributed by atoms with E-state index in [1.165, 1.54) is 31.7 Å². The zero-order chi connectivity index (χ0) is 14.5. The number of anilines is 1. The summed E-state index contributed by atoms with van der Waals surface area (Å²) in [6.07, 6.45) is 5.93. The molecule has 1 heterocycles. The third kappa shape index (κ3) is 3.66. The molecule has 0 amide bonds. The van der Waals surface area contributed by atoms with Gasteiger partial charge in [-0.2, -0.15) is 0 Å². The van der Waals surface area contributed by atoms with Crippen molar-refractivity contribution in [3.05, 3.63) is 27.9 Å². The van der Waals surface area contributed by atoms with Crippen LogP contribution in [0.25, 0.3) is 0 Å². The summed E-state index contributed by atoms with van der Waals surface area (Å²) in [7, 11) is 0. The minimum absolute atomic E-state index is 0.0203. The first kappa shape index (κ1) is 14.7. The SMILES string of the molecule is Cc1nc(NC(CO)CC2CCCC2)ccc1[N+](=O)[O-]. The second-order valence-corrected chi connectivity index (χ2v) is 5.47. The highest BCUT2D eigenvalue weighted by Gasteiger charge is 2.20. The van der Waals surface area contributed by atoms with E-state index in [0.29, 0.717) is 17.4 Å². The third-order valence-corrected chi connectivity index (χ3v) is 3.92. The van der Waals surface area contributed by atoms with Crippen LogP contribution in [-0.2, 0) is 0 Å². The van der Waals surface area contributed by atoms with Crippen molar-refractivity contribution in [3.8, 4) is 0 Å². The zero-order valence-corrected chi connectivity index (χ0v) is 11.7. The predicted molar refractivity (Wildman–Crippen MR) is 76.7 cm³/mol. The molecule has 1 fully saturated rings. The highest BCUT2D eigenvalue weighted by Crippen LogP contribution is 2.29. The largest absolute Gasteiger partial charge is 0.394 e. The van der Waals surface area contributed by atoms with Crippen molar-refractivity contribution in [1.82, 2.24) is 4.98 Å². The Balaban J connectivity index is 1.99. The minimum Gasteiger partial charge on any atom is -0.394 e. The number of aliphatic hydroxyl groups excluding tert-OH is 1. The molecule has 6 heteroatoms. The number of aromatic nitrogens is 1. The standard InChI is InChI=1S/C14H21N3O3/c1-10-13(17(19)20)6-7-14(15-10)16-12(9-18)8-11-4-2-3-5-11/h6-7,11-12,18H,2-5,8-9H2,1H3,(H,15,16). The second kappa shape index (κ2) is 6.65. The van der Waals surface area contributed by atoms with Gasteiger partial charge >= 0.3 is 0 Å². The van der Waals surface area contributed by atoms with E-state index < -0.39 is 4.92 Å². The molecule has 0 aromatic carbocycles. The van der Waals surface area contributed by atoms with E-state index in [-0.39, 0.29) is 18.3 Å². The first-order valence-corrected chi connectivity index (χ1v) is 7.09. The summed E-state index contributed by atoms with van der Waals surface area (Å²) in [6.45, 7) is 1.67. The second-order valence-electron chi connectivity index (χ2n) is 5.47. The molecule has 0 aliphatic heterocycles. The monoisotopic (exact) mass is 279 g/mol. The molecule has 1 aliphatic rings. The molecule has 2 N–H and O–H groups in total. The predicted octanol–water partition coefficient (Wildman–Crippen LogP) is 2.65. The van der Waals surface area contributed by atoms with E-state index >= 15 is 0 Å². The van der Waals surface area contributed by atoms with Crippen molar-refractivity contribution >= 4 is 11.5 Å². The molecule has 1 saturated carbocycles. The molecule has 1 aromatic heterocycles. The van der Waals surface area contributed by atoms with Crippen LogP contribution in [0.15, 0.2) is 12.1 Å². The maximum absolute atomic E-state index is 10.7. The summed E-state index contributed by atoms with van der Waals surface area (Å²) in [6, 6.07) is 3.02. The number of hydrogen-bond donors (Lipinski definition) is 2. The lowest BCUT2D eigenvalue weighted by Gasteiger charge is -2.20. The lowest BCUT2D eigenvalue weighted by molar-refractivity contribution is -0.385. The van der Waals surface area contributed by atoms with Crippen LogP contribution >= 0.6 is 0 Å². The highest BCUT2D eigenvalue weighted by atomic mass is 16.6. The van der Waals surface area contributed by atoms with Gasteiger partial charge in [0.05, 0.1) is 17.6 Å². The number of nitrogens with zero attached hydrogens (tertiary/aromatic N) is 2. The zero-order valence-electron chi connectivity index (χ0n) is 11.7. The van der Waals surface area contributed by atoms with E-state index in [1.807, 2.05) is 0 Å². The Morgan fingerprint density at radius 3 is 2.75 bits per heavy atom. The summed E-state index contributed by atoms with van der Waals surface area (Å²) in [4.78, 5) is 14.5. The number of pyridine rings is 1. The summed E-state index contributed by atoms with van der Waals surface area (Å²) < 4.78 is 0. The van der Waals surface area contributed by atoms with Gasteiger partial charge in [0.25, 0.3) is 5.69 Å². The lowest BCUT2D eigenvalue weighted by Crippen LogP contribution is -2.26. The van der Waals surface area contributed by atoms with Gasteiger partial charge in [-0.25, -0.2) is 4.98 Å². The van der Waals surface area contributed by atoms with Crippen molar-refractivity contribution in [1.29, 1.82) is 0 Å². The molecule has 20 heavy (non-hydrogen) atoms. The molecule has 110 valence electrons. The summed E-state index contributed by atoms with van der Waals surface area (Å²) in [5, 5.41) is 23.4. The van der Waals surface area contributed by atoms with Crippen molar-refractivity contribution in [2.24, 2.45) is 5.92 Å². The van der Waals surface area contributed by atoms with Crippen molar-refractivity contribution < 1.29 is 10.0 Å². The van der Waals surface area contributed by atoms with Gasteiger partial charge in [0, 0.05) is 6.07 Å². The fraction of sp³-hybridized carbons (Fsp3) is 0.643. The Hall–Kier alpha value is -1.69. The fourth-order valence-corrected chi connectivity index (χ4v) is 2.86. The van der Waals surface area contributed by atoms with Gasteiger partial charge in [0.1, 0.15) is 11.5 Å². The van der Waals surface area contributed by atoms with Gasteiger partial charge in [0.15, 0.2) is 0 Å². The number of hydrogen-bond acceptors (Lipinski definition) is 5. The maximum Gasteiger partial charge on any atom is 0.290 e. The minimum atomic E-state index is -0.436. The van der Waals surface area contributed by atoms with Crippen molar-refractivity contribution in [2.75, 3.05) is 11.9 Å². The van der Waals surface area contributed by atoms with Crippen molar-refractivity contribution in [2.45, 2.75) is 45.1 Å². The first-order chi connectivity index (χ1) is 9.60. The molecule has 0 spiro atoms. The first-order valence-electron chi connectivity index (χ1n) is 7.09. The van der Waals surface area contributed by atoms with Gasteiger partial charge in [0.2, 0.25) is 0 Å². The Kier molecular flexibility index (Phi) is 4.89. The molecule has 1 atom stereocenters. The molecule has 0 radical (unpaired) electrons. The molecule has 0 saturated heterocycles. The van der Waals surface area contributed by atoms with E-state index in [4.69, 9.17) is 0 Å². The number of nitro groups is 1. The summed E-state index contributed by atoms with van der Waals surface area (Å²) in [5.41, 5.74) is 0.407. The quantitative estimate of drug-likeness (QED) is 0.617. The Morgan fingerprint density at radius 2 is 2.20 bits per heavy atom. The van der Waals surface area contributed by atoms with Crippen LogP contribution in [0, 0.1) is 23.0 Å². The molecular weight excluding hydrogens is 258 g/mol. The third-order valence-electron chi connectivity index (χ3n) is 3.92. The molecule has 1 unspecified atom stereocenters. The molecule has 0 bridgehead atoms. The van der Waals surface area contributed by atoms with Gasteiger partial charge in [-0.15, -0.1) is 0 Å². The van der Waals surface area contributed by atoms with Crippen LogP contribution in [0.3, 0.4) is 0 Å². The smallest absolute Gasteiger partial charge is 0.290 e. The Bertz CT molecular complexity index is 473. The van der Waals surface area contributed by atoms with Gasteiger partial charge < -0.3 is 10.4 Å². The van der Waals surface area contributed by atoms with Crippen LogP contribution in [0.5, 0.6) is 0 Å². The van der Waals surface area contributed by atoms with Crippen LogP contribution in [-0.4, -0.2) is 27.7 Å². The molecule has 1 aliphatic carbocycles. The fourth-order valence-electron chi connectivity index (χ4n) is 2.86. The van der Waals surface area contributed by atoms with Crippen molar-refractivity contribution in [3.63, 3.8) is 0 Å². The highest BCUT2D eigenvalue weighted by molar-refractivity contribution is 5.45. The topological polar surface area (TPSA) is 88.3 Å². The van der Waals surface area contributed by atoms with Gasteiger partial charge in [-0.1, -0.05) is 25.7 Å². The number of nitrogens with one attached hydrogen (secondary N) is 1. The van der Waals surface area contributed by atoms with E-state index in [2.05, 4.69) is 10.3 Å². The molecule has 1 aromatic rings. The number of aliphatic hydroxyl groups is 1. The van der Waals surface area contributed by atoms with Crippen LogP contribution < -0.4 is 5.32 Å². The maximum atomic E-state index is 10.7. The van der Waals surface area contributed by atoms with Gasteiger partial charge in [-0.3, -0.25) is 10.1 Å².